The van der Waals surface area contributed by atoms with Crippen LogP contribution in [0.1, 0.15) is 16.8 Å². The highest BCUT2D eigenvalue weighted by Gasteiger charge is 2.15. The molecule has 1 aliphatic rings. The maximum absolute atomic E-state index is 14.2. The van der Waals surface area contributed by atoms with E-state index in [1.807, 2.05) is 0 Å². The summed E-state index contributed by atoms with van der Waals surface area (Å²) in [6, 6.07) is 6.46. The fourth-order valence-corrected chi connectivity index (χ4v) is 2.47. The average Bonchev–Trinajstić information content (AvgIpc) is 2.50. The van der Waals surface area contributed by atoms with Gasteiger partial charge in [0, 0.05) is 31.1 Å². The molecule has 0 fully saturated rings. The molecule has 0 unspecified atom stereocenters. The number of hydrogen-bond acceptors (Lipinski definition) is 4. The summed E-state index contributed by atoms with van der Waals surface area (Å²) in [5, 5.41) is 7.56. The third-order valence-electron chi connectivity index (χ3n) is 3.60. The summed E-state index contributed by atoms with van der Waals surface area (Å²) in [4.78, 5) is 12.1. The molecule has 0 radical (unpaired) electrons. The van der Waals surface area contributed by atoms with Crippen molar-refractivity contribution in [3.05, 3.63) is 57.3 Å². The van der Waals surface area contributed by atoms with E-state index in [4.69, 9.17) is 4.74 Å². The molecule has 0 saturated carbocycles. The van der Waals surface area contributed by atoms with Crippen LogP contribution in [-0.2, 0) is 19.5 Å². The van der Waals surface area contributed by atoms with Gasteiger partial charge in [0.1, 0.15) is 0 Å². The van der Waals surface area contributed by atoms with Gasteiger partial charge in [0.2, 0.25) is 0 Å². The summed E-state index contributed by atoms with van der Waals surface area (Å²) in [6.07, 6.45) is 0.774. The summed E-state index contributed by atoms with van der Waals surface area (Å²) in [7, 11) is 1.42. The normalized spacial score (nSPS) is 13.8. The monoisotopic (exact) mass is 289 g/mol. The van der Waals surface area contributed by atoms with Gasteiger partial charge in [-0.1, -0.05) is 12.1 Å². The maximum atomic E-state index is 14.2. The highest BCUT2D eigenvalue weighted by atomic mass is 19.1. The third kappa shape index (κ3) is 2.67. The molecule has 0 amide bonds. The first-order valence-corrected chi connectivity index (χ1v) is 6.81. The van der Waals surface area contributed by atoms with Crippen molar-refractivity contribution in [2.45, 2.75) is 19.5 Å². The molecule has 3 rings (SSSR count). The largest absolute Gasteiger partial charge is 0.494 e. The Bertz CT molecular complexity index is 727. The highest BCUT2D eigenvalue weighted by Crippen LogP contribution is 2.20. The Labute approximate surface area is 121 Å². The van der Waals surface area contributed by atoms with Gasteiger partial charge in [-0.05, 0) is 11.6 Å². The number of fused-ring (bicyclic) bond motifs is 1. The molecular formula is C15H16FN3O2. The van der Waals surface area contributed by atoms with E-state index in [-0.39, 0.29) is 17.9 Å². The maximum Gasteiger partial charge on any atom is 0.267 e. The second kappa shape index (κ2) is 5.65. The van der Waals surface area contributed by atoms with Crippen molar-refractivity contribution in [2.24, 2.45) is 0 Å². The van der Waals surface area contributed by atoms with E-state index in [2.05, 4.69) is 10.4 Å². The number of hydrogen-bond donors (Lipinski definition) is 1. The summed E-state index contributed by atoms with van der Waals surface area (Å²) in [5.41, 5.74) is 1.99. The molecule has 2 heterocycles. The molecule has 0 saturated heterocycles. The molecule has 0 atom stereocenters. The van der Waals surface area contributed by atoms with E-state index in [0.717, 1.165) is 24.2 Å². The Kier molecular flexibility index (Phi) is 3.70. The first kappa shape index (κ1) is 13.8. The molecule has 6 heteroatoms. The number of methoxy groups -OCH3 is 1. The predicted octanol–water partition coefficient (Wildman–Crippen LogP) is 1.08. The molecule has 0 aliphatic carbocycles. The van der Waals surface area contributed by atoms with E-state index in [0.29, 0.717) is 12.1 Å². The molecule has 1 aliphatic heterocycles. The van der Waals surface area contributed by atoms with Gasteiger partial charge in [-0.3, -0.25) is 4.79 Å². The second-order valence-corrected chi connectivity index (χ2v) is 4.97. The Hall–Kier alpha value is -2.21. The van der Waals surface area contributed by atoms with Crippen LogP contribution in [0.5, 0.6) is 5.75 Å². The van der Waals surface area contributed by atoms with Gasteiger partial charge in [0.15, 0.2) is 11.6 Å². The smallest absolute Gasteiger partial charge is 0.267 e. The van der Waals surface area contributed by atoms with Crippen LogP contribution in [0.25, 0.3) is 0 Å². The Morgan fingerprint density at radius 2 is 2.33 bits per heavy atom. The fraction of sp³-hybridized carbons (Fsp3) is 0.333. The fourth-order valence-electron chi connectivity index (χ4n) is 2.47. The molecule has 0 bridgehead atoms. The Morgan fingerprint density at radius 3 is 3.14 bits per heavy atom. The lowest BCUT2D eigenvalue weighted by molar-refractivity contribution is 0.382. The molecular weight excluding hydrogens is 273 g/mol. The lowest BCUT2D eigenvalue weighted by atomic mass is 10.1. The van der Waals surface area contributed by atoms with Crippen LogP contribution in [0, 0.1) is 5.82 Å². The quantitative estimate of drug-likeness (QED) is 0.919. The van der Waals surface area contributed by atoms with Crippen LogP contribution < -0.4 is 15.6 Å². The molecule has 2 aromatic rings. The molecule has 110 valence electrons. The lowest BCUT2D eigenvalue weighted by Crippen LogP contribution is -2.32. The number of nitrogens with one attached hydrogen (secondary N) is 1. The minimum absolute atomic E-state index is 0.0998. The van der Waals surface area contributed by atoms with Gasteiger partial charge in [0.05, 0.1) is 19.3 Å². The summed E-state index contributed by atoms with van der Waals surface area (Å²) >= 11 is 0. The van der Waals surface area contributed by atoms with Crippen LogP contribution in [0.4, 0.5) is 4.39 Å². The number of aromatic nitrogens is 2. The van der Waals surface area contributed by atoms with E-state index in [1.165, 1.54) is 11.8 Å². The van der Waals surface area contributed by atoms with Gasteiger partial charge in [0.25, 0.3) is 5.56 Å². The molecule has 0 spiro atoms. The number of benzene rings is 1. The van der Waals surface area contributed by atoms with Crippen molar-refractivity contribution >= 4 is 0 Å². The van der Waals surface area contributed by atoms with Crippen molar-refractivity contribution < 1.29 is 9.13 Å². The zero-order valence-electron chi connectivity index (χ0n) is 11.7. The van der Waals surface area contributed by atoms with Crippen molar-refractivity contribution in [1.29, 1.82) is 0 Å². The van der Waals surface area contributed by atoms with Gasteiger partial charge in [-0.25, -0.2) is 9.07 Å². The van der Waals surface area contributed by atoms with Crippen molar-refractivity contribution in [2.75, 3.05) is 13.7 Å². The average molecular weight is 289 g/mol. The van der Waals surface area contributed by atoms with E-state index >= 15 is 0 Å². The summed E-state index contributed by atoms with van der Waals surface area (Å²) in [6.45, 7) is 1.60. The minimum atomic E-state index is -0.451. The van der Waals surface area contributed by atoms with Gasteiger partial charge in [-0.15, -0.1) is 0 Å². The van der Waals surface area contributed by atoms with Crippen LogP contribution in [0.15, 0.2) is 29.1 Å². The number of nitrogens with zero attached hydrogens (tertiary/aromatic N) is 2. The van der Waals surface area contributed by atoms with Gasteiger partial charge in [-0.2, -0.15) is 5.10 Å². The van der Waals surface area contributed by atoms with Crippen LogP contribution in [0.3, 0.4) is 0 Å². The minimum Gasteiger partial charge on any atom is -0.494 e. The second-order valence-electron chi connectivity index (χ2n) is 4.97. The Balaban J connectivity index is 1.97. The third-order valence-corrected chi connectivity index (χ3v) is 3.60. The van der Waals surface area contributed by atoms with Crippen molar-refractivity contribution in [3.63, 3.8) is 0 Å². The molecule has 1 aromatic heterocycles. The summed E-state index contributed by atoms with van der Waals surface area (Å²) < 4.78 is 20.4. The van der Waals surface area contributed by atoms with E-state index in [1.54, 1.807) is 24.3 Å². The highest BCUT2D eigenvalue weighted by molar-refractivity contribution is 5.31. The summed E-state index contributed by atoms with van der Waals surface area (Å²) in [5.74, 6) is -0.282. The topological polar surface area (TPSA) is 56.2 Å². The zero-order valence-corrected chi connectivity index (χ0v) is 11.7. The van der Waals surface area contributed by atoms with Crippen LogP contribution >= 0.6 is 0 Å². The predicted molar refractivity (Wildman–Crippen MR) is 76.0 cm³/mol. The first-order valence-electron chi connectivity index (χ1n) is 6.81. The molecule has 1 N–H and O–H groups in total. The number of rotatable bonds is 3. The first-order chi connectivity index (χ1) is 10.2. The molecule has 21 heavy (non-hydrogen) atoms. The van der Waals surface area contributed by atoms with Crippen LogP contribution in [-0.4, -0.2) is 23.4 Å². The van der Waals surface area contributed by atoms with Crippen molar-refractivity contribution in [3.8, 4) is 5.75 Å². The van der Waals surface area contributed by atoms with E-state index < -0.39 is 5.82 Å². The molecule has 1 aromatic carbocycles. The van der Waals surface area contributed by atoms with Crippen LogP contribution in [0.2, 0.25) is 0 Å². The SMILES string of the molecule is COc1cccc(Cn2nc3c(cc2=O)CNCC3)c1F. The number of ether oxygens (including phenoxy) is 1. The van der Waals surface area contributed by atoms with Gasteiger partial charge < -0.3 is 10.1 Å². The van der Waals surface area contributed by atoms with E-state index in [9.17, 15) is 9.18 Å². The standard InChI is InChI=1S/C15H16FN3O2/c1-21-13-4-2-3-10(15(13)16)9-19-14(20)7-11-8-17-6-5-12(11)18-19/h2-4,7,17H,5-6,8-9H2,1H3. The van der Waals surface area contributed by atoms with Crippen molar-refractivity contribution in [1.82, 2.24) is 15.1 Å². The van der Waals surface area contributed by atoms with Gasteiger partial charge >= 0.3 is 0 Å². The Morgan fingerprint density at radius 1 is 1.48 bits per heavy atom. The zero-order chi connectivity index (χ0) is 14.8. The number of halogens is 1. The molecule has 5 nitrogen and oxygen atoms in total. The lowest BCUT2D eigenvalue weighted by Gasteiger charge is -2.17.